The van der Waals surface area contributed by atoms with E-state index in [1.807, 2.05) is 0 Å². The van der Waals surface area contributed by atoms with Gasteiger partial charge in [-0.05, 0) is 0 Å². The minimum absolute atomic E-state index is 0.0989. The molecule has 2 rings (SSSR count). The van der Waals surface area contributed by atoms with Crippen LogP contribution in [0.4, 0.5) is 5.13 Å². The molecule has 1 aliphatic heterocycles. The Kier molecular flexibility index (Phi) is 7.04. The van der Waals surface area contributed by atoms with E-state index in [0.29, 0.717) is 0 Å². The van der Waals surface area contributed by atoms with Crippen molar-refractivity contribution in [3.8, 4) is 0 Å². The number of carbonyl (C=O) groups is 4. The molecule has 0 radical (unpaired) electrons. The first-order valence-electron chi connectivity index (χ1n) is 7.28. The maximum absolute atomic E-state index is 12.5. The number of rotatable bonds is 8. The highest BCUT2D eigenvalue weighted by atomic mass is 35.5. The fourth-order valence-corrected chi connectivity index (χ4v) is 2.79. The second-order valence-corrected chi connectivity index (χ2v) is 6.08. The maximum atomic E-state index is 12.5. The lowest BCUT2D eigenvalue weighted by Gasteiger charge is -2.35. The predicted molar refractivity (Wildman–Crippen MR) is 94.0 cm³/mol. The van der Waals surface area contributed by atoms with Gasteiger partial charge in [-0.3, -0.25) is 24.0 Å². The van der Waals surface area contributed by atoms with Crippen LogP contribution in [0.2, 0.25) is 0 Å². The van der Waals surface area contributed by atoms with Gasteiger partial charge in [0.2, 0.25) is 11.8 Å². The lowest BCUT2D eigenvalue weighted by molar-refractivity contribution is -0.146. The fourth-order valence-electron chi connectivity index (χ4n) is 2.01. The standard InChI is InChI=1S/C13H15ClN6O6S/c1-25-19-7(5-4-27-13(15-5)16-6(21)3-14)10(22)17-8-9(18-11(8)23)12(24)20-26-2/h4,8-9H,3H2,1-2H3,(H,17,22)(H,18,23)(H,20,24)(H,15,16,21)/t8-,9-/m0/s1. The number of oxime groups is 1. The lowest BCUT2D eigenvalue weighted by Crippen LogP contribution is -2.73. The van der Waals surface area contributed by atoms with Crippen molar-refractivity contribution in [2.45, 2.75) is 12.1 Å². The van der Waals surface area contributed by atoms with E-state index in [1.165, 1.54) is 19.6 Å². The van der Waals surface area contributed by atoms with Crippen LogP contribution >= 0.6 is 22.9 Å². The van der Waals surface area contributed by atoms with Gasteiger partial charge in [0.1, 0.15) is 30.8 Å². The van der Waals surface area contributed by atoms with Crippen LogP contribution in [0.3, 0.4) is 0 Å². The molecule has 1 saturated heterocycles. The second-order valence-electron chi connectivity index (χ2n) is 4.95. The van der Waals surface area contributed by atoms with Crippen LogP contribution in [0.25, 0.3) is 0 Å². The second kappa shape index (κ2) is 9.25. The van der Waals surface area contributed by atoms with Crippen molar-refractivity contribution in [3.63, 3.8) is 0 Å². The predicted octanol–water partition coefficient (Wildman–Crippen LogP) is -1.67. The van der Waals surface area contributed by atoms with Crippen molar-refractivity contribution in [3.05, 3.63) is 11.1 Å². The van der Waals surface area contributed by atoms with Gasteiger partial charge in [-0.2, -0.15) is 0 Å². The summed E-state index contributed by atoms with van der Waals surface area (Å²) in [5, 5.41) is 12.4. The molecule has 0 saturated carbocycles. The minimum Gasteiger partial charge on any atom is -0.398 e. The summed E-state index contributed by atoms with van der Waals surface area (Å²) in [4.78, 5) is 60.4. The zero-order chi connectivity index (χ0) is 20.0. The van der Waals surface area contributed by atoms with Crippen LogP contribution < -0.4 is 21.4 Å². The van der Waals surface area contributed by atoms with Crippen LogP contribution in [0.1, 0.15) is 5.69 Å². The number of halogens is 1. The number of nitrogens with zero attached hydrogens (tertiary/aromatic N) is 2. The number of nitrogens with one attached hydrogen (secondary N) is 4. The number of hydroxylamine groups is 1. The molecule has 0 bridgehead atoms. The molecule has 0 aliphatic carbocycles. The molecule has 1 aromatic heterocycles. The van der Waals surface area contributed by atoms with Crippen LogP contribution in [-0.2, 0) is 28.9 Å². The summed E-state index contributed by atoms with van der Waals surface area (Å²) >= 11 is 6.44. The van der Waals surface area contributed by atoms with E-state index in [1.54, 1.807) is 0 Å². The highest BCUT2D eigenvalue weighted by Crippen LogP contribution is 2.17. The highest BCUT2D eigenvalue weighted by Gasteiger charge is 2.45. The van der Waals surface area contributed by atoms with E-state index < -0.39 is 35.7 Å². The number of anilines is 1. The van der Waals surface area contributed by atoms with E-state index in [2.05, 4.69) is 41.2 Å². The van der Waals surface area contributed by atoms with Gasteiger partial charge in [-0.1, -0.05) is 5.16 Å². The molecule has 146 valence electrons. The number of aromatic nitrogens is 1. The molecule has 14 heteroatoms. The fraction of sp³-hybridized carbons (Fsp3) is 0.385. The molecule has 4 amide bonds. The lowest BCUT2D eigenvalue weighted by atomic mass is 9.98. The van der Waals surface area contributed by atoms with Gasteiger partial charge in [-0.25, -0.2) is 10.5 Å². The Labute approximate surface area is 161 Å². The Morgan fingerprint density at radius 3 is 2.74 bits per heavy atom. The van der Waals surface area contributed by atoms with Gasteiger partial charge < -0.3 is 20.8 Å². The number of β-lactam (4-membered cyclic amide) rings is 1. The van der Waals surface area contributed by atoms with Crippen LogP contribution in [-0.4, -0.2) is 66.5 Å². The van der Waals surface area contributed by atoms with Crippen molar-refractivity contribution in [2.75, 3.05) is 25.4 Å². The average molecular weight is 419 g/mol. The summed E-state index contributed by atoms with van der Waals surface area (Å²) in [7, 11) is 2.46. The number of alkyl halides is 1. The summed E-state index contributed by atoms with van der Waals surface area (Å²) in [5.74, 6) is -2.70. The normalized spacial score (nSPS) is 18.8. The summed E-state index contributed by atoms with van der Waals surface area (Å²) in [6, 6.07) is -2.12. The Balaban J connectivity index is 2.11. The smallest absolute Gasteiger partial charge is 0.276 e. The molecule has 2 heterocycles. The van der Waals surface area contributed by atoms with Crippen molar-refractivity contribution in [1.82, 2.24) is 21.1 Å². The average Bonchev–Trinajstić information content (AvgIpc) is 3.09. The van der Waals surface area contributed by atoms with Crippen LogP contribution in [0.5, 0.6) is 0 Å². The molecule has 12 nitrogen and oxygen atoms in total. The minimum atomic E-state index is -1.12. The van der Waals surface area contributed by atoms with Gasteiger partial charge in [0, 0.05) is 5.38 Å². The van der Waals surface area contributed by atoms with Gasteiger partial charge in [0.05, 0.1) is 7.11 Å². The topological polar surface area (TPSA) is 160 Å². The maximum Gasteiger partial charge on any atom is 0.276 e. The SMILES string of the molecule is CON=C(C(=O)N[C@@H]1C(=O)N[C@@H]1C(=O)NOC)c1csc(NC(=O)CCl)n1. The van der Waals surface area contributed by atoms with E-state index in [0.717, 1.165) is 11.3 Å². The van der Waals surface area contributed by atoms with Gasteiger partial charge >= 0.3 is 0 Å². The van der Waals surface area contributed by atoms with Crippen molar-refractivity contribution in [1.29, 1.82) is 0 Å². The number of hydrogen-bond acceptors (Lipinski definition) is 9. The molecular weight excluding hydrogens is 404 g/mol. The molecule has 1 aliphatic rings. The number of carbonyl (C=O) groups excluding carboxylic acids is 4. The van der Waals surface area contributed by atoms with Gasteiger partial charge in [0.15, 0.2) is 10.8 Å². The third-order valence-corrected chi connectivity index (χ3v) is 4.20. The summed E-state index contributed by atoms with van der Waals surface area (Å²) < 4.78 is 0. The first-order chi connectivity index (χ1) is 12.9. The Hall–Kier alpha value is -2.77. The zero-order valence-electron chi connectivity index (χ0n) is 14.1. The quantitative estimate of drug-likeness (QED) is 0.170. The highest BCUT2D eigenvalue weighted by molar-refractivity contribution is 7.14. The zero-order valence-corrected chi connectivity index (χ0v) is 15.6. The molecule has 27 heavy (non-hydrogen) atoms. The number of hydrogen-bond donors (Lipinski definition) is 4. The summed E-state index contributed by atoms with van der Waals surface area (Å²) in [6.07, 6.45) is 0. The van der Waals surface area contributed by atoms with Crippen molar-refractivity contribution < 1.29 is 28.9 Å². The molecule has 1 aromatic rings. The first-order valence-corrected chi connectivity index (χ1v) is 8.69. The molecule has 1 fully saturated rings. The van der Waals surface area contributed by atoms with E-state index >= 15 is 0 Å². The molecule has 0 unspecified atom stereocenters. The molecule has 4 N–H and O–H groups in total. The largest absolute Gasteiger partial charge is 0.398 e. The third-order valence-electron chi connectivity index (χ3n) is 3.20. The molecule has 2 atom stereocenters. The van der Waals surface area contributed by atoms with E-state index in [4.69, 9.17) is 11.6 Å². The summed E-state index contributed by atoms with van der Waals surface area (Å²) in [6.45, 7) is 0. The molecule has 0 aromatic carbocycles. The van der Waals surface area contributed by atoms with Crippen molar-refractivity contribution >= 4 is 57.4 Å². The molecule has 0 spiro atoms. The Morgan fingerprint density at radius 1 is 1.41 bits per heavy atom. The monoisotopic (exact) mass is 418 g/mol. The van der Waals surface area contributed by atoms with E-state index in [9.17, 15) is 19.2 Å². The molecular formula is C13H15ClN6O6S. The number of thiazole rings is 1. The van der Waals surface area contributed by atoms with E-state index in [-0.39, 0.29) is 22.4 Å². The number of amides is 4. The summed E-state index contributed by atoms with van der Waals surface area (Å²) in [5.41, 5.74) is 1.92. The Bertz CT molecular complexity index is 783. The van der Waals surface area contributed by atoms with Crippen molar-refractivity contribution in [2.24, 2.45) is 5.16 Å². The van der Waals surface area contributed by atoms with Gasteiger partial charge in [0.25, 0.3) is 11.8 Å². The third kappa shape index (κ3) is 4.90. The van der Waals surface area contributed by atoms with Crippen LogP contribution in [0, 0.1) is 0 Å². The van der Waals surface area contributed by atoms with Gasteiger partial charge in [-0.15, -0.1) is 22.9 Å². The van der Waals surface area contributed by atoms with Crippen LogP contribution in [0.15, 0.2) is 10.5 Å². The Morgan fingerprint density at radius 2 is 2.15 bits per heavy atom. The first kappa shape index (κ1) is 20.5.